The van der Waals surface area contributed by atoms with Gasteiger partial charge in [0.25, 0.3) is 0 Å². The van der Waals surface area contributed by atoms with Gasteiger partial charge in [-0.1, -0.05) is 6.07 Å². The van der Waals surface area contributed by atoms with Crippen LogP contribution in [-0.2, 0) is 16.4 Å². The summed E-state index contributed by atoms with van der Waals surface area (Å²) in [4.78, 5) is 7.01. The summed E-state index contributed by atoms with van der Waals surface area (Å²) < 4.78 is 25.5. The van der Waals surface area contributed by atoms with Gasteiger partial charge in [-0.3, -0.25) is 4.90 Å². The quantitative estimate of drug-likeness (QED) is 0.859. The fraction of sp³-hybridized carbons (Fsp3) is 0.533. The molecule has 1 aliphatic carbocycles. The van der Waals surface area contributed by atoms with E-state index in [0.717, 1.165) is 24.3 Å². The number of fused-ring (bicyclic) bond motifs is 1. The molecule has 0 N–H and O–H groups in total. The van der Waals surface area contributed by atoms with E-state index in [9.17, 15) is 8.42 Å². The lowest BCUT2D eigenvalue weighted by Crippen LogP contribution is -2.37. The van der Waals surface area contributed by atoms with E-state index in [-0.39, 0.29) is 6.04 Å². The molecule has 1 atom stereocenters. The molecule has 1 saturated heterocycles. The Morgan fingerprint density at radius 2 is 2.10 bits per heavy atom. The number of hydrogen-bond acceptors (Lipinski definition) is 4. The van der Waals surface area contributed by atoms with Gasteiger partial charge in [0.15, 0.2) is 9.84 Å². The third-order valence-corrected chi connectivity index (χ3v) is 6.20. The Kier molecular flexibility index (Phi) is 3.04. The summed E-state index contributed by atoms with van der Waals surface area (Å²) in [5.41, 5.74) is 1.97. The van der Waals surface area contributed by atoms with Gasteiger partial charge in [0.2, 0.25) is 0 Å². The predicted octanol–water partition coefficient (Wildman–Crippen LogP) is 1.49. The van der Waals surface area contributed by atoms with Crippen LogP contribution in [0.3, 0.4) is 0 Å². The zero-order chi connectivity index (χ0) is 14.4. The Morgan fingerprint density at radius 3 is 2.76 bits per heavy atom. The lowest BCUT2D eigenvalue weighted by atomic mass is 10.2. The zero-order valence-electron chi connectivity index (χ0n) is 11.9. The number of hydrogen-bond donors (Lipinski definition) is 0. The highest BCUT2D eigenvalue weighted by Gasteiger charge is 2.39. The van der Waals surface area contributed by atoms with Gasteiger partial charge in [0, 0.05) is 31.0 Å². The summed E-state index contributed by atoms with van der Waals surface area (Å²) in [6, 6.07) is 6.68. The molecule has 0 unspecified atom stereocenters. The van der Waals surface area contributed by atoms with Crippen molar-refractivity contribution < 1.29 is 8.42 Å². The van der Waals surface area contributed by atoms with Crippen LogP contribution >= 0.6 is 0 Å². The van der Waals surface area contributed by atoms with Crippen molar-refractivity contribution in [3.05, 3.63) is 36.3 Å². The average molecular weight is 305 g/mol. The van der Waals surface area contributed by atoms with Crippen LogP contribution < -0.4 is 0 Å². The molecule has 112 valence electrons. The van der Waals surface area contributed by atoms with E-state index in [4.69, 9.17) is 0 Å². The van der Waals surface area contributed by atoms with Crippen molar-refractivity contribution in [2.45, 2.75) is 37.9 Å². The lowest BCUT2D eigenvalue weighted by Gasteiger charge is -2.27. The highest BCUT2D eigenvalue weighted by atomic mass is 32.2. The van der Waals surface area contributed by atoms with Gasteiger partial charge in [-0.2, -0.15) is 0 Å². The molecule has 2 fully saturated rings. The summed E-state index contributed by atoms with van der Waals surface area (Å²) >= 11 is 0. The second kappa shape index (κ2) is 4.81. The Balaban J connectivity index is 1.57. The molecular weight excluding hydrogens is 286 g/mol. The minimum Gasteiger partial charge on any atom is -0.307 e. The number of rotatable bonds is 4. The Hall–Kier alpha value is -1.40. The van der Waals surface area contributed by atoms with E-state index in [1.54, 1.807) is 0 Å². The fourth-order valence-corrected chi connectivity index (χ4v) is 4.99. The van der Waals surface area contributed by atoms with Crippen molar-refractivity contribution in [3.63, 3.8) is 0 Å². The molecule has 2 aromatic heterocycles. The first-order chi connectivity index (χ1) is 10.1. The summed E-state index contributed by atoms with van der Waals surface area (Å²) in [5, 5.41) is 0. The molecule has 0 aromatic carbocycles. The van der Waals surface area contributed by atoms with Crippen LogP contribution in [0.1, 0.15) is 25.0 Å². The molecule has 1 aliphatic heterocycles. The van der Waals surface area contributed by atoms with Crippen LogP contribution in [0.25, 0.3) is 5.65 Å². The van der Waals surface area contributed by atoms with E-state index in [2.05, 4.69) is 9.88 Å². The highest BCUT2D eigenvalue weighted by molar-refractivity contribution is 7.91. The zero-order valence-corrected chi connectivity index (χ0v) is 12.7. The second-order valence-electron chi connectivity index (χ2n) is 6.16. The van der Waals surface area contributed by atoms with E-state index in [0.29, 0.717) is 17.5 Å². The molecule has 0 radical (unpaired) electrons. The minimum atomic E-state index is -2.83. The van der Waals surface area contributed by atoms with Crippen molar-refractivity contribution in [1.82, 2.24) is 14.3 Å². The minimum absolute atomic E-state index is 0.173. The van der Waals surface area contributed by atoms with Gasteiger partial charge in [0.05, 0.1) is 17.2 Å². The molecule has 0 spiro atoms. The van der Waals surface area contributed by atoms with Gasteiger partial charge in [-0.15, -0.1) is 0 Å². The number of sulfone groups is 1. The molecule has 4 rings (SSSR count). The second-order valence-corrected chi connectivity index (χ2v) is 8.39. The Labute approximate surface area is 124 Å². The van der Waals surface area contributed by atoms with Gasteiger partial charge >= 0.3 is 0 Å². The Bertz CT molecular complexity index is 731. The van der Waals surface area contributed by atoms with Crippen molar-refractivity contribution in [2.24, 2.45) is 0 Å². The van der Waals surface area contributed by atoms with E-state index >= 15 is 0 Å². The maximum Gasteiger partial charge on any atom is 0.151 e. The Morgan fingerprint density at radius 1 is 1.24 bits per heavy atom. The van der Waals surface area contributed by atoms with Crippen LogP contribution in [0.5, 0.6) is 0 Å². The molecule has 6 heteroatoms. The number of imidazole rings is 1. The number of nitrogens with zero attached hydrogens (tertiary/aromatic N) is 3. The summed E-state index contributed by atoms with van der Waals surface area (Å²) in [5.74, 6) is 0.656. The SMILES string of the molecule is O=S1(=O)CC[C@H](N(Cc2cn3ccccc3n2)C2CC2)C1. The van der Waals surface area contributed by atoms with Gasteiger partial charge in [-0.25, -0.2) is 13.4 Å². The summed E-state index contributed by atoms with van der Waals surface area (Å²) in [7, 11) is -2.83. The third kappa shape index (κ3) is 2.70. The molecule has 0 bridgehead atoms. The van der Waals surface area contributed by atoms with E-state index < -0.39 is 9.84 Å². The van der Waals surface area contributed by atoms with Crippen LogP contribution in [-0.4, -0.2) is 46.3 Å². The summed E-state index contributed by atoms with van der Waals surface area (Å²) in [6.45, 7) is 0.756. The van der Waals surface area contributed by atoms with Crippen molar-refractivity contribution in [1.29, 1.82) is 0 Å². The molecule has 5 nitrogen and oxygen atoms in total. The molecule has 0 amide bonds. The molecule has 1 saturated carbocycles. The standard InChI is InChI=1S/C15H19N3O2S/c19-21(20)8-6-14(11-21)18(13-4-5-13)10-12-9-17-7-2-1-3-15(17)16-12/h1-3,7,9,13-14H,4-6,8,10-11H2/t14-/m0/s1. The van der Waals surface area contributed by atoms with Crippen LogP contribution in [0.4, 0.5) is 0 Å². The summed E-state index contributed by atoms with van der Waals surface area (Å²) in [6.07, 6.45) is 7.18. The van der Waals surface area contributed by atoms with Crippen molar-refractivity contribution in [3.8, 4) is 0 Å². The molecule has 2 aromatic rings. The average Bonchev–Trinajstić information content (AvgIpc) is 3.10. The van der Waals surface area contributed by atoms with Crippen molar-refractivity contribution in [2.75, 3.05) is 11.5 Å². The molecular formula is C15H19N3O2S. The molecule has 3 heterocycles. The van der Waals surface area contributed by atoms with Gasteiger partial charge < -0.3 is 4.40 Å². The largest absolute Gasteiger partial charge is 0.307 e. The maximum atomic E-state index is 11.7. The highest BCUT2D eigenvalue weighted by Crippen LogP contribution is 2.33. The number of aromatic nitrogens is 2. The van der Waals surface area contributed by atoms with Crippen LogP contribution in [0.2, 0.25) is 0 Å². The topological polar surface area (TPSA) is 54.7 Å². The van der Waals surface area contributed by atoms with E-state index in [1.807, 2.05) is 35.0 Å². The smallest absolute Gasteiger partial charge is 0.151 e. The van der Waals surface area contributed by atoms with Crippen molar-refractivity contribution >= 4 is 15.5 Å². The normalized spacial score (nSPS) is 24.9. The molecule has 21 heavy (non-hydrogen) atoms. The predicted molar refractivity (Wildman–Crippen MR) is 80.8 cm³/mol. The first-order valence-corrected chi connectivity index (χ1v) is 9.32. The lowest BCUT2D eigenvalue weighted by molar-refractivity contribution is 0.191. The van der Waals surface area contributed by atoms with Gasteiger partial charge in [-0.05, 0) is 31.4 Å². The van der Waals surface area contributed by atoms with Crippen LogP contribution in [0.15, 0.2) is 30.6 Å². The van der Waals surface area contributed by atoms with Crippen LogP contribution in [0, 0.1) is 0 Å². The van der Waals surface area contributed by atoms with E-state index in [1.165, 1.54) is 12.8 Å². The maximum absolute atomic E-state index is 11.7. The molecule has 2 aliphatic rings. The third-order valence-electron chi connectivity index (χ3n) is 4.45. The number of pyridine rings is 1. The first kappa shape index (κ1) is 13.3. The first-order valence-electron chi connectivity index (χ1n) is 7.49. The van der Waals surface area contributed by atoms with Gasteiger partial charge in [0.1, 0.15) is 5.65 Å². The fourth-order valence-electron chi connectivity index (χ4n) is 3.25. The monoisotopic (exact) mass is 305 g/mol.